The van der Waals surface area contributed by atoms with Crippen molar-refractivity contribution in [3.8, 4) is 0 Å². The maximum absolute atomic E-state index is 10.5. The Hall–Kier alpha value is -1.77. The number of carboxylic acid groups (broad SMARTS) is 1. The van der Waals surface area contributed by atoms with Gasteiger partial charge in [0.1, 0.15) is 0 Å². The van der Waals surface area contributed by atoms with Crippen LogP contribution in [-0.2, 0) is 4.79 Å². The van der Waals surface area contributed by atoms with Crippen LogP contribution in [0.5, 0.6) is 0 Å². The molecule has 0 spiro atoms. The van der Waals surface area contributed by atoms with E-state index in [-0.39, 0.29) is 0 Å². The van der Waals surface area contributed by atoms with E-state index in [9.17, 15) is 4.79 Å². The summed E-state index contributed by atoms with van der Waals surface area (Å²) in [6, 6.07) is 6.11. The normalized spacial score (nSPS) is 12.6. The molecule has 3 heteroatoms. The van der Waals surface area contributed by atoms with Gasteiger partial charge in [0.15, 0.2) is 0 Å². The first-order chi connectivity index (χ1) is 8.93. The van der Waals surface area contributed by atoms with Gasteiger partial charge in [0.05, 0.1) is 0 Å². The maximum atomic E-state index is 10.5. The van der Waals surface area contributed by atoms with Crippen LogP contribution in [0.15, 0.2) is 24.3 Å². The molecule has 1 aromatic rings. The van der Waals surface area contributed by atoms with Crippen molar-refractivity contribution in [1.82, 2.24) is 0 Å². The summed E-state index contributed by atoms with van der Waals surface area (Å²) in [7, 11) is 2.09. The van der Waals surface area contributed by atoms with Gasteiger partial charge in [-0.3, -0.25) is 0 Å². The highest BCUT2D eigenvalue weighted by Crippen LogP contribution is 2.20. The molecular formula is C16H23NO2. The SMILES string of the molecule is CCC(C)CN(C)c1ccc(C=CC(=O)O)c(C)c1. The van der Waals surface area contributed by atoms with E-state index in [0.29, 0.717) is 5.92 Å². The van der Waals surface area contributed by atoms with E-state index in [0.717, 1.165) is 17.7 Å². The van der Waals surface area contributed by atoms with E-state index in [1.807, 2.05) is 19.1 Å². The molecule has 0 aliphatic heterocycles. The Morgan fingerprint density at radius 3 is 2.68 bits per heavy atom. The van der Waals surface area contributed by atoms with E-state index in [1.165, 1.54) is 18.2 Å². The Morgan fingerprint density at radius 1 is 1.47 bits per heavy atom. The monoisotopic (exact) mass is 261 g/mol. The molecule has 1 aromatic carbocycles. The highest BCUT2D eigenvalue weighted by molar-refractivity contribution is 5.85. The van der Waals surface area contributed by atoms with Crippen molar-refractivity contribution in [3.63, 3.8) is 0 Å². The number of aryl methyl sites for hydroxylation is 1. The van der Waals surface area contributed by atoms with Crippen molar-refractivity contribution >= 4 is 17.7 Å². The van der Waals surface area contributed by atoms with Gasteiger partial charge in [0, 0.05) is 25.4 Å². The second-order valence-electron chi connectivity index (χ2n) is 5.11. The van der Waals surface area contributed by atoms with Gasteiger partial charge in [-0.05, 0) is 42.2 Å². The zero-order valence-corrected chi connectivity index (χ0v) is 12.2. The molecule has 1 atom stereocenters. The third-order valence-electron chi connectivity index (χ3n) is 3.38. The third-order valence-corrected chi connectivity index (χ3v) is 3.38. The highest BCUT2D eigenvalue weighted by Gasteiger charge is 2.06. The molecular weight excluding hydrogens is 238 g/mol. The molecule has 0 heterocycles. The molecule has 0 radical (unpaired) electrons. The van der Waals surface area contributed by atoms with Crippen molar-refractivity contribution in [2.45, 2.75) is 27.2 Å². The zero-order chi connectivity index (χ0) is 14.4. The Kier molecular flexibility index (Phi) is 5.61. The van der Waals surface area contributed by atoms with Crippen LogP contribution in [0, 0.1) is 12.8 Å². The van der Waals surface area contributed by atoms with Crippen molar-refractivity contribution < 1.29 is 9.90 Å². The second kappa shape index (κ2) is 6.98. The summed E-state index contributed by atoms with van der Waals surface area (Å²) >= 11 is 0. The first-order valence-corrected chi connectivity index (χ1v) is 6.66. The minimum absolute atomic E-state index is 0.664. The van der Waals surface area contributed by atoms with Gasteiger partial charge in [-0.25, -0.2) is 4.79 Å². The van der Waals surface area contributed by atoms with Crippen LogP contribution >= 0.6 is 0 Å². The Balaban J connectivity index is 2.84. The number of carbonyl (C=O) groups is 1. The van der Waals surface area contributed by atoms with Crippen LogP contribution in [0.3, 0.4) is 0 Å². The number of nitrogens with zero attached hydrogens (tertiary/aromatic N) is 1. The second-order valence-corrected chi connectivity index (χ2v) is 5.11. The van der Waals surface area contributed by atoms with Crippen LogP contribution in [0.4, 0.5) is 5.69 Å². The predicted octanol–water partition coefficient (Wildman–Crippen LogP) is 3.58. The van der Waals surface area contributed by atoms with Crippen molar-refractivity contribution in [3.05, 3.63) is 35.4 Å². The molecule has 0 aliphatic rings. The lowest BCUT2D eigenvalue weighted by molar-refractivity contribution is -0.131. The summed E-state index contributed by atoms with van der Waals surface area (Å²) in [5, 5.41) is 8.64. The molecule has 104 valence electrons. The van der Waals surface area contributed by atoms with Gasteiger partial charge in [0.25, 0.3) is 0 Å². The van der Waals surface area contributed by atoms with E-state index >= 15 is 0 Å². The summed E-state index contributed by atoms with van der Waals surface area (Å²) in [6.45, 7) is 7.47. The number of carboxylic acids is 1. The van der Waals surface area contributed by atoms with Crippen LogP contribution in [0.25, 0.3) is 6.08 Å². The Bertz CT molecular complexity index is 466. The number of hydrogen-bond donors (Lipinski definition) is 1. The number of hydrogen-bond acceptors (Lipinski definition) is 2. The zero-order valence-electron chi connectivity index (χ0n) is 12.2. The van der Waals surface area contributed by atoms with Crippen LogP contribution < -0.4 is 4.90 Å². The molecule has 19 heavy (non-hydrogen) atoms. The largest absolute Gasteiger partial charge is 0.478 e. The van der Waals surface area contributed by atoms with E-state index < -0.39 is 5.97 Å². The van der Waals surface area contributed by atoms with Gasteiger partial charge >= 0.3 is 5.97 Å². The van der Waals surface area contributed by atoms with Gasteiger partial charge in [0.2, 0.25) is 0 Å². The van der Waals surface area contributed by atoms with Crippen molar-refractivity contribution in [2.24, 2.45) is 5.92 Å². The van der Waals surface area contributed by atoms with E-state index in [1.54, 1.807) is 6.08 Å². The Morgan fingerprint density at radius 2 is 2.16 bits per heavy atom. The molecule has 0 saturated heterocycles. The lowest BCUT2D eigenvalue weighted by atomic mass is 10.1. The molecule has 0 bridgehead atoms. The summed E-state index contributed by atoms with van der Waals surface area (Å²) in [5.74, 6) is -0.255. The average Bonchev–Trinajstić information content (AvgIpc) is 2.36. The number of rotatable bonds is 6. The lowest BCUT2D eigenvalue weighted by Gasteiger charge is -2.23. The highest BCUT2D eigenvalue weighted by atomic mass is 16.4. The molecule has 0 aromatic heterocycles. The van der Waals surface area contributed by atoms with Crippen LogP contribution in [0.1, 0.15) is 31.4 Å². The van der Waals surface area contributed by atoms with Crippen LogP contribution in [0.2, 0.25) is 0 Å². The topological polar surface area (TPSA) is 40.5 Å². The fourth-order valence-corrected chi connectivity index (χ4v) is 1.95. The smallest absolute Gasteiger partial charge is 0.328 e. The van der Waals surface area contributed by atoms with E-state index in [4.69, 9.17) is 5.11 Å². The van der Waals surface area contributed by atoms with Gasteiger partial charge in [-0.2, -0.15) is 0 Å². The quantitative estimate of drug-likeness (QED) is 0.796. The number of anilines is 1. The fourth-order valence-electron chi connectivity index (χ4n) is 1.95. The molecule has 0 saturated carbocycles. The molecule has 0 fully saturated rings. The summed E-state index contributed by atoms with van der Waals surface area (Å²) in [6.07, 6.45) is 3.98. The molecule has 1 unspecified atom stereocenters. The van der Waals surface area contributed by atoms with Gasteiger partial charge in [-0.1, -0.05) is 26.3 Å². The van der Waals surface area contributed by atoms with Crippen molar-refractivity contribution in [1.29, 1.82) is 0 Å². The van der Waals surface area contributed by atoms with Crippen LogP contribution in [-0.4, -0.2) is 24.7 Å². The first kappa shape index (κ1) is 15.3. The minimum atomic E-state index is -0.919. The van der Waals surface area contributed by atoms with Crippen molar-refractivity contribution in [2.75, 3.05) is 18.5 Å². The number of benzene rings is 1. The summed E-state index contributed by atoms with van der Waals surface area (Å²) in [5.41, 5.74) is 3.21. The number of aliphatic carboxylic acids is 1. The molecule has 3 nitrogen and oxygen atoms in total. The fraction of sp³-hybridized carbons (Fsp3) is 0.438. The average molecular weight is 261 g/mol. The first-order valence-electron chi connectivity index (χ1n) is 6.66. The molecule has 0 aliphatic carbocycles. The predicted molar refractivity (Wildman–Crippen MR) is 80.6 cm³/mol. The van der Waals surface area contributed by atoms with Gasteiger partial charge < -0.3 is 10.0 Å². The molecule has 0 amide bonds. The minimum Gasteiger partial charge on any atom is -0.478 e. The Labute approximate surface area is 115 Å². The van der Waals surface area contributed by atoms with E-state index in [2.05, 4.69) is 31.9 Å². The third kappa shape index (κ3) is 4.78. The standard InChI is InChI=1S/C16H23NO2/c1-5-12(2)11-17(4)15-8-6-14(13(3)10-15)7-9-16(18)19/h6-10,12H,5,11H2,1-4H3,(H,18,19). The lowest BCUT2D eigenvalue weighted by Crippen LogP contribution is -2.23. The summed E-state index contributed by atoms with van der Waals surface area (Å²) < 4.78 is 0. The van der Waals surface area contributed by atoms with Gasteiger partial charge in [-0.15, -0.1) is 0 Å². The maximum Gasteiger partial charge on any atom is 0.328 e. The molecule has 1 rings (SSSR count). The molecule has 1 N–H and O–H groups in total. The summed E-state index contributed by atoms with van der Waals surface area (Å²) in [4.78, 5) is 12.8.